The molecule has 2 fully saturated rings. The fraction of sp³-hybridized carbons (Fsp3) is 0.632. The molecule has 27 heavy (non-hydrogen) atoms. The molecule has 1 atom stereocenters. The lowest BCUT2D eigenvalue weighted by molar-refractivity contribution is 0.113. The molecule has 1 aromatic rings. The van der Waals surface area contributed by atoms with Crippen LogP contribution in [-0.4, -0.2) is 68.2 Å². The van der Waals surface area contributed by atoms with Crippen molar-refractivity contribution < 1.29 is 13.2 Å². The van der Waals surface area contributed by atoms with Crippen molar-refractivity contribution in [3.8, 4) is 0 Å². The van der Waals surface area contributed by atoms with Gasteiger partial charge in [0.1, 0.15) is 0 Å². The van der Waals surface area contributed by atoms with Crippen LogP contribution in [0.5, 0.6) is 0 Å². The molecule has 1 aromatic carbocycles. The summed E-state index contributed by atoms with van der Waals surface area (Å²) < 4.78 is 32.9. The van der Waals surface area contributed by atoms with Crippen molar-refractivity contribution >= 4 is 27.4 Å². The van der Waals surface area contributed by atoms with Gasteiger partial charge in [-0.05, 0) is 49.2 Å². The maximum absolute atomic E-state index is 12.9. The number of ether oxygens (including phenoxy) is 1. The molecule has 2 heterocycles. The van der Waals surface area contributed by atoms with Crippen LogP contribution in [0.2, 0.25) is 0 Å². The van der Waals surface area contributed by atoms with Gasteiger partial charge in [0, 0.05) is 39.3 Å². The molecule has 0 unspecified atom stereocenters. The molecule has 0 aliphatic carbocycles. The second-order valence-electron chi connectivity index (χ2n) is 7.11. The first-order valence-corrected chi connectivity index (χ1v) is 11.6. The van der Waals surface area contributed by atoms with E-state index in [1.54, 1.807) is 16.4 Å². The molecule has 6 nitrogen and oxygen atoms in total. The Morgan fingerprint density at radius 2 is 1.93 bits per heavy atom. The van der Waals surface area contributed by atoms with Crippen molar-refractivity contribution in [2.45, 2.75) is 43.6 Å². The summed E-state index contributed by atoms with van der Waals surface area (Å²) in [5.41, 5.74) is 1.17. The molecule has 150 valence electrons. The minimum Gasteiger partial charge on any atom is -0.376 e. The summed E-state index contributed by atoms with van der Waals surface area (Å²) in [5.74, 6) is 0. The molecule has 3 rings (SSSR count). The number of sulfonamides is 1. The summed E-state index contributed by atoms with van der Waals surface area (Å²) in [4.78, 5) is 2.41. The Labute approximate surface area is 167 Å². The van der Waals surface area contributed by atoms with E-state index >= 15 is 0 Å². The summed E-state index contributed by atoms with van der Waals surface area (Å²) in [6.07, 6.45) is 4.43. The smallest absolute Gasteiger partial charge is 0.243 e. The van der Waals surface area contributed by atoms with E-state index in [0.717, 1.165) is 38.8 Å². The van der Waals surface area contributed by atoms with Gasteiger partial charge >= 0.3 is 0 Å². The van der Waals surface area contributed by atoms with Crippen LogP contribution >= 0.6 is 12.2 Å². The number of hydrogen-bond donors (Lipinski definition) is 1. The van der Waals surface area contributed by atoms with Gasteiger partial charge in [-0.15, -0.1) is 0 Å². The van der Waals surface area contributed by atoms with Gasteiger partial charge < -0.3 is 15.0 Å². The fourth-order valence-corrected chi connectivity index (χ4v) is 5.20. The topological polar surface area (TPSA) is 61.9 Å². The first-order chi connectivity index (χ1) is 13.0. The first-order valence-electron chi connectivity index (χ1n) is 9.74. The number of rotatable bonds is 6. The van der Waals surface area contributed by atoms with Crippen molar-refractivity contribution in [3.63, 3.8) is 0 Å². The Balaban J connectivity index is 1.51. The molecule has 0 spiro atoms. The number of aryl methyl sites for hydroxylation is 1. The minimum absolute atomic E-state index is 0.236. The lowest BCUT2D eigenvalue weighted by Gasteiger charge is -2.35. The predicted octanol–water partition coefficient (Wildman–Crippen LogP) is 2.00. The average Bonchev–Trinajstić information content (AvgIpc) is 3.20. The van der Waals surface area contributed by atoms with E-state index < -0.39 is 10.0 Å². The third kappa shape index (κ3) is 5.19. The van der Waals surface area contributed by atoms with E-state index in [1.807, 2.05) is 17.0 Å². The van der Waals surface area contributed by atoms with Crippen LogP contribution in [0.15, 0.2) is 29.2 Å². The molecule has 0 aromatic heterocycles. The lowest BCUT2D eigenvalue weighted by atomic mass is 10.1. The maximum Gasteiger partial charge on any atom is 0.243 e. The van der Waals surface area contributed by atoms with Crippen LogP contribution in [0.3, 0.4) is 0 Å². The zero-order chi connectivity index (χ0) is 19.3. The third-order valence-electron chi connectivity index (χ3n) is 5.13. The van der Waals surface area contributed by atoms with E-state index in [1.165, 1.54) is 5.56 Å². The van der Waals surface area contributed by atoms with Crippen LogP contribution in [0.4, 0.5) is 0 Å². The van der Waals surface area contributed by atoms with E-state index in [-0.39, 0.29) is 6.10 Å². The highest BCUT2D eigenvalue weighted by Gasteiger charge is 2.29. The number of nitrogens with zero attached hydrogens (tertiary/aromatic N) is 2. The average molecular weight is 412 g/mol. The summed E-state index contributed by atoms with van der Waals surface area (Å²) in [6, 6.07) is 7.27. The van der Waals surface area contributed by atoms with Crippen molar-refractivity contribution in [2.24, 2.45) is 0 Å². The Hall–Kier alpha value is -1.22. The van der Waals surface area contributed by atoms with Crippen LogP contribution < -0.4 is 5.32 Å². The monoisotopic (exact) mass is 411 g/mol. The van der Waals surface area contributed by atoms with E-state index in [2.05, 4.69) is 12.2 Å². The predicted molar refractivity (Wildman–Crippen MR) is 110 cm³/mol. The standard InChI is InChI=1S/C19H29N3O3S2/c1-2-4-16-6-8-18(9-7-16)27(23,24)22-12-10-21(11-13-22)19(26)20-15-17-5-3-14-25-17/h6-9,17H,2-5,10-15H2,1H3,(H,20,26)/t17-/m1/s1. The van der Waals surface area contributed by atoms with Gasteiger partial charge in [-0.2, -0.15) is 4.31 Å². The Morgan fingerprint density at radius 3 is 2.52 bits per heavy atom. The van der Waals surface area contributed by atoms with Gasteiger partial charge in [-0.3, -0.25) is 0 Å². The molecule has 2 aliphatic rings. The van der Waals surface area contributed by atoms with Gasteiger partial charge in [-0.25, -0.2) is 8.42 Å². The number of piperazine rings is 1. The number of nitrogens with one attached hydrogen (secondary N) is 1. The quantitative estimate of drug-likeness (QED) is 0.723. The van der Waals surface area contributed by atoms with Crippen molar-refractivity contribution in [1.29, 1.82) is 0 Å². The molecule has 0 radical (unpaired) electrons. The second kappa shape index (κ2) is 9.32. The molecule has 2 saturated heterocycles. The Kier molecular flexibility index (Phi) is 7.08. The van der Waals surface area contributed by atoms with Crippen molar-refractivity contribution in [2.75, 3.05) is 39.3 Å². The first kappa shape index (κ1) is 20.5. The summed E-state index contributed by atoms with van der Waals surface area (Å²) in [6.45, 7) is 5.76. The van der Waals surface area contributed by atoms with Crippen molar-refractivity contribution in [1.82, 2.24) is 14.5 Å². The van der Waals surface area contributed by atoms with Gasteiger partial charge in [-0.1, -0.05) is 25.5 Å². The second-order valence-corrected chi connectivity index (χ2v) is 9.43. The number of benzene rings is 1. The van der Waals surface area contributed by atoms with Gasteiger partial charge in [0.05, 0.1) is 11.0 Å². The van der Waals surface area contributed by atoms with Crippen LogP contribution in [0.1, 0.15) is 31.7 Å². The molecule has 0 amide bonds. The molecular weight excluding hydrogens is 382 g/mol. The molecular formula is C19H29N3O3S2. The summed E-state index contributed by atoms with van der Waals surface area (Å²) >= 11 is 5.46. The largest absolute Gasteiger partial charge is 0.376 e. The molecule has 2 aliphatic heterocycles. The molecule has 0 saturated carbocycles. The van der Waals surface area contributed by atoms with Crippen molar-refractivity contribution in [3.05, 3.63) is 29.8 Å². The molecule has 0 bridgehead atoms. The number of hydrogen-bond acceptors (Lipinski definition) is 4. The van der Waals surface area contributed by atoms with Gasteiger partial charge in [0.15, 0.2) is 5.11 Å². The van der Waals surface area contributed by atoms with Crippen LogP contribution in [0.25, 0.3) is 0 Å². The normalized spacial score (nSPS) is 21.4. The highest BCUT2D eigenvalue weighted by atomic mass is 32.2. The highest BCUT2D eigenvalue weighted by molar-refractivity contribution is 7.89. The van der Waals surface area contributed by atoms with E-state index in [9.17, 15) is 8.42 Å². The third-order valence-corrected chi connectivity index (χ3v) is 7.45. The summed E-state index contributed by atoms with van der Waals surface area (Å²) in [7, 11) is -3.45. The maximum atomic E-state index is 12.9. The lowest BCUT2D eigenvalue weighted by Crippen LogP contribution is -2.53. The van der Waals surface area contributed by atoms with Crippen LogP contribution in [0, 0.1) is 0 Å². The Bertz CT molecular complexity index is 723. The minimum atomic E-state index is -3.45. The zero-order valence-electron chi connectivity index (χ0n) is 15.9. The van der Waals surface area contributed by atoms with E-state index in [4.69, 9.17) is 17.0 Å². The van der Waals surface area contributed by atoms with Gasteiger partial charge in [0.25, 0.3) is 0 Å². The van der Waals surface area contributed by atoms with E-state index in [0.29, 0.717) is 36.2 Å². The number of thiocarbonyl (C=S) groups is 1. The zero-order valence-corrected chi connectivity index (χ0v) is 17.5. The Morgan fingerprint density at radius 1 is 1.22 bits per heavy atom. The molecule has 8 heteroatoms. The summed E-state index contributed by atoms with van der Waals surface area (Å²) in [5, 5.41) is 3.95. The SMILES string of the molecule is CCCc1ccc(S(=O)(=O)N2CCN(C(=S)NC[C@H]3CCCO3)CC2)cc1. The molecule has 1 N–H and O–H groups in total. The fourth-order valence-electron chi connectivity index (χ4n) is 3.52. The van der Waals surface area contributed by atoms with Crippen LogP contribution in [-0.2, 0) is 21.2 Å². The van der Waals surface area contributed by atoms with Gasteiger partial charge in [0.2, 0.25) is 10.0 Å². The highest BCUT2D eigenvalue weighted by Crippen LogP contribution is 2.19.